The zero-order valence-corrected chi connectivity index (χ0v) is 12.5. The molecule has 0 bridgehead atoms. The molecule has 116 valence electrons. The van der Waals surface area contributed by atoms with Crippen LogP contribution in [-0.2, 0) is 19.4 Å². The summed E-state index contributed by atoms with van der Waals surface area (Å²) in [4.78, 5) is 23.8. The van der Waals surface area contributed by atoms with E-state index < -0.39 is 21.6 Å². The molecule has 0 saturated carbocycles. The minimum Gasteiger partial charge on any atom is -0.481 e. The Labute approximate surface area is 120 Å². The molecular formula is C13H23NO5S. The highest BCUT2D eigenvalue weighted by atomic mass is 32.2. The van der Waals surface area contributed by atoms with Crippen LogP contribution < -0.4 is 0 Å². The second-order valence-corrected chi connectivity index (χ2v) is 7.42. The minimum atomic E-state index is -3.37. The van der Waals surface area contributed by atoms with Crippen molar-refractivity contribution in [2.45, 2.75) is 44.9 Å². The van der Waals surface area contributed by atoms with Crippen LogP contribution in [0, 0.1) is 0 Å². The number of sulfone groups is 1. The predicted molar refractivity (Wildman–Crippen MR) is 75.2 cm³/mol. The van der Waals surface area contributed by atoms with Gasteiger partial charge in [-0.05, 0) is 32.1 Å². The Kier molecular flexibility index (Phi) is 6.98. The lowest BCUT2D eigenvalue weighted by Crippen LogP contribution is -2.39. The summed E-state index contributed by atoms with van der Waals surface area (Å²) in [6.45, 7) is 1.32. The van der Waals surface area contributed by atoms with Crippen LogP contribution in [0.15, 0.2) is 0 Å². The van der Waals surface area contributed by atoms with E-state index in [-0.39, 0.29) is 18.1 Å². The van der Waals surface area contributed by atoms with E-state index in [1.54, 1.807) is 4.90 Å². The van der Waals surface area contributed by atoms with Crippen molar-refractivity contribution in [1.82, 2.24) is 4.90 Å². The smallest absolute Gasteiger partial charge is 0.303 e. The molecule has 0 spiro atoms. The molecule has 7 heteroatoms. The molecule has 1 rings (SSSR count). The van der Waals surface area contributed by atoms with Crippen LogP contribution >= 0.6 is 0 Å². The first-order chi connectivity index (χ1) is 9.41. The predicted octanol–water partition coefficient (Wildman–Crippen LogP) is 1.06. The molecule has 0 unspecified atom stereocenters. The number of piperidine rings is 1. The topological polar surface area (TPSA) is 91.7 Å². The first kappa shape index (κ1) is 16.9. The molecule has 20 heavy (non-hydrogen) atoms. The van der Waals surface area contributed by atoms with Crippen LogP contribution in [0.1, 0.15) is 44.9 Å². The molecule has 1 saturated heterocycles. The van der Waals surface area contributed by atoms with E-state index in [0.29, 0.717) is 32.4 Å². The van der Waals surface area contributed by atoms with Crippen molar-refractivity contribution in [2.75, 3.05) is 24.6 Å². The third-order valence-corrected chi connectivity index (χ3v) is 5.00. The zero-order valence-electron chi connectivity index (χ0n) is 11.7. The van der Waals surface area contributed by atoms with E-state index >= 15 is 0 Å². The van der Waals surface area contributed by atoms with Crippen LogP contribution in [0.25, 0.3) is 0 Å². The molecule has 0 atom stereocenters. The van der Waals surface area contributed by atoms with Gasteiger partial charge < -0.3 is 10.0 Å². The highest BCUT2D eigenvalue weighted by molar-refractivity contribution is 7.92. The molecule has 1 aliphatic rings. The number of carbonyl (C=O) groups is 2. The van der Waals surface area contributed by atoms with Gasteiger partial charge in [0.05, 0.1) is 5.75 Å². The Balaban J connectivity index is 2.26. The van der Waals surface area contributed by atoms with Crippen LogP contribution in [0.2, 0.25) is 0 Å². The highest BCUT2D eigenvalue weighted by Gasteiger charge is 2.22. The van der Waals surface area contributed by atoms with Crippen LogP contribution in [0.3, 0.4) is 0 Å². The van der Waals surface area contributed by atoms with Crippen molar-refractivity contribution in [1.29, 1.82) is 0 Å². The quantitative estimate of drug-likeness (QED) is 0.677. The second-order valence-electron chi connectivity index (χ2n) is 5.24. The zero-order chi connectivity index (χ0) is 15.0. The largest absolute Gasteiger partial charge is 0.481 e. The molecule has 1 fully saturated rings. The molecule has 1 N–H and O–H groups in total. The van der Waals surface area contributed by atoms with Gasteiger partial charge >= 0.3 is 5.97 Å². The van der Waals surface area contributed by atoms with Gasteiger partial charge in [0.15, 0.2) is 9.84 Å². The summed E-state index contributed by atoms with van der Waals surface area (Å²) in [6.07, 6.45) is 4.51. The van der Waals surface area contributed by atoms with E-state index in [4.69, 9.17) is 5.11 Å². The number of hydrogen-bond donors (Lipinski definition) is 1. The lowest BCUT2D eigenvalue weighted by molar-refractivity contribution is -0.137. The third-order valence-electron chi connectivity index (χ3n) is 3.40. The van der Waals surface area contributed by atoms with E-state index in [9.17, 15) is 18.0 Å². The Hall–Kier alpha value is -1.11. The molecule has 0 radical (unpaired) electrons. The molecule has 1 amide bonds. The van der Waals surface area contributed by atoms with E-state index in [2.05, 4.69) is 0 Å². The summed E-state index contributed by atoms with van der Waals surface area (Å²) in [7, 11) is -3.37. The lowest BCUT2D eigenvalue weighted by Gasteiger charge is -2.26. The van der Waals surface area contributed by atoms with Gasteiger partial charge in [0.2, 0.25) is 5.91 Å². The summed E-state index contributed by atoms with van der Waals surface area (Å²) in [5.74, 6) is -1.61. The summed E-state index contributed by atoms with van der Waals surface area (Å²) in [5.41, 5.74) is 0. The average molecular weight is 305 g/mol. The Morgan fingerprint density at radius 1 is 1.00 bits per heavy atom. The molecule has 0 aromatic carbocycles. The van der Waals surface area contributed by atoms with Crippen LogP contribution in [-0.4, -0.2) is 54.9 Å². The van der Waals surface area contributed by atoms with E-state index in [1.165, 1.54) is 0 Å². The normalized spacial score (nSPS) is 16.1. The van der Waals surface area contributed by atoms with Crippen molar-refractivity contribution < 1.29 is 23.1 Å². The summed E-state index contributed by atoms with van der Waals surface area (Å²) >= 11 is 0. The number of carbonyl (C=O) groups excluding carboxylic acids is 1. The van der Waals surface area contributed by atoms with Gasteiger partial charge in [-0.25, -0.2) is 8.42 Å². The fourth-order valence-corrected chi connectivity index (χ4v) is 3.62. The SMILES string of the molecule is O=C(O)CCCCCS(=O)(=O)CC(=O)N1CCCCC1. The summed E-state index contributed by atoms with van der Waals surface area (Å²) in [5, 5.41) is 8.47. The third kappa shape index (κ3) is 6.88. The molecule has 6 nitrogen and oxygen atoms in total. The number of likely N-dealkylation sites (tertiary alicyclic amines) is 1. The number of amides is 1. The number of rotatable bonds is 8. The van der Waals surface area contributed by atoms with Crippen molar-refractivity contribution in [3.8, 4) is 0 Å². The van der Waals surface area contributed by atoms with Gasteiger partial charge in [0.1, 0.15) is 5.75 Å². The maximum Gasteiger partial charge on any atom is 0.303 e. The molecular weight excluding hydrogens is 282 g/mol. The van der Waals surface area contributed by atoms with Gasteiger partial charge in [-0.15, -0.1) is 0 Å². The number of hydrogen-bond acceptors (Lipinski definition) is 4. The van der Waals surface area contributed by atoms with Crippen LogP contribution in [0.5, 0.6) is 0 Å². The number of unbranched alkanes of at least 4 members (excludes halogenated alkanes) is 2. The van der Waals surface area contributed by atoms with Gasteiger partial charge in [-0.2, -0.15) is 0 Å². The summed E-state index contributed by atoms with van der Waals surface area (Å²) in [6, 6.07) is 0. The maximum atomic E-state index is 11.9. The van der Waals surface area contributed by atoms with Gasteiger partial charge in [0.25, 0.3) is 0 Å². The highest BCUT2D eigenvalue weighted by Crippen LogP contribution is 2.10. The first-order valence-corrected chi connectivity index (χ1v) is 8.93. The van der Waals surface area contributed by atoms with E-state index in [0.717, 1.165) is 19.3 Å². The monoisotopic (exact) mass is 305 g/mol. The lowest BCUT2D eigenvalue weighted by atomic mass is 10.1. The first-order valence-electron chi connectivity index (χ1n) is 7.11. The van der Waals surface area contributed by atoms with Crippen molar-refractivity contribution in [3.63, 3.8) is 0 Å². The molecule has 0 aromatic heterocycles. The number of carboxylic acids is 1. The maximum absolute atomic E-state index is 11.9. The average Bonchev–Trinajstić information content (AvgIpc) is 2.38. The van der Waals surface area contributed by atoms with Gasteiger partial charge in [-0.3, -0.25) is 9.59 Å². The fraction of sp³-hybridized carbons (Fsp3) is 0.846. The Bertz CT molecular complexity index is 426. The number of carboxylic acid groups (broad SMARTS) is 1. The van der Waals surface area contributed by atoms with Gasteiger partial charge in [0, 0.05) is 19.5 Å². The molecule has 1 heterocycles. The van der Waals surface area contributed by atoms with E-state index in [1.807, 2.05) is 0 Å². The molecule has 1 aliphatic heterocycles. The van der Waals surface area contributed by atoms with Crippen molar-refractivity contribution >= 4 is 21.7 Å². The number of nitrogens with zero attached hydrogens (tertiary/aromatic N) is 1. The standard InChI is InChI=1S/C13H23NO5S/c15-12(14-8-4-2-5-9-14)11-20(18,19)10-6-1-3-7-13(16)17/h1-11H2,(H,16,17). The minimum absolute atomic E-state index is 0.0355. The van der Waals surface area contributed by atoms with Crippen molar-refractivity contribution in [2.24, 2.45) is 0 Å². The fourth-order valence-electron chi connectivity index (χ4n) is 2.27. The van der Waals surface area contributed by atoms with Crippen LogP contribution in [0.4, 0.5) is 0 Å². The Morgan fingerprint density at radius 2 is 1.65 bits per heavy atom. The Morgan fingerprint density at radius 3 is 2.25 bits per heavy atom. The van der Waals surface area contributed by atoms with Gasteiger partial charge in [-0.1, -0.05) is 6.42 Å². The molecule has 0 aromatic rings. The summed E-state index contributed by atoms with van der Waals surface area (Å²) < 4.78 is 23.6. The number of aliphatic carboxylic acids is 1. The van der Waals surface area contributed by atoms with Crippen molar-refractivity contribution in [3.05, 3.63) is 0 Å². The second kappa shape index (κ2) is 8.24. The molecule has 0 aliphatic carbocycles.